The van der Waals surface area contributed by atoms with Crippen molar-refractivity contribution in [2.45, 2.75) is 32.6 Å². The van der Waals surface area contributed by atoms with Gasteiger partial charge < -0.3 is 10.2 Å². The van der Waals surface area contributed by atoms with Gasteiger partial charge in [-0.2, -0.15) is 5.26 Å². The summed E-state index contributed by atoms with van der Waals surface area (Å²) in [7, 11) is 0. The number of non-ortho nitro benzene ring substituents is 1. The lowest BCUT2D eigenvalue weighted by Crippen LogP contribution is -2.35. The Morgan fingerprint density at radius 1 is 1.41 bits per heavy atom. The van der Waals surface area contributed by atoms with Crippen molar-refractivity contribution in [1.82, 2.24) is 9.88 Å². The van der Waals surface area contributed by atoms with Crippen molar-refractivity contribution in [3.05, 3.63) is 39.9 Å². The Labute approximate surface area is 159 Å². The molecule has 0 amide bonds. The second kappa shape index (κ2) is 8.78. The predicted molar refractivity (Wildman–Crippen MR) is 106 cm³/mol. The molecule has 142 valence electrons. The highest BCUT2D eigenvalue weighted by molar-refractivity contribution is 5.88. The largest absolute Gasteiger partial charge is 0.370 e. The van der Waals surface area contributed by atoms with Crippen molar-refractivity contribution in [2.75, 3.05) is 31.5 Å². The maximum atomic E-state index is 10.9. The molecule has 0 radical (unpaired) electrons. The van der Waals surface area contributed by atoms with Crippen molar-refractivity contribution >= 4 is 22.4 Å². The zero-order chi connectivity index (χ0) is 19.2. The van der Waals surface area contributed by atoms with Crippen molar-refractivity contribution < 1.29 is 4.92 Å². The van der Waals surface area contributed by atoms with Crippen molar-refractivity contribution in [3.63, 3.8) is 0 Å². The number of rotatable bonds is 7. The minimum absolute atomic E-state index is 0.0338. The number of nitro groups is 1. The molecule has 0 bridgehead atoms. The number of hydrogen-bond donors (Lipinski definition) is 1. The average molecular weight is 367 g/mol. The number of nitro benzene ring substituents is 1. The zero-order valence-electron chi connectivity index (χ0n) is 15.6. The molecule has 0 aliphatic carbocycles. The second-order valence-corrected chi connectivity index (χ2v) is 7.31. The van der Waals surface area contributed by atoms with Gasteiger partial charge in [0.2, 0.25) is 0 Å². The molecular formula is C20H25N5O2. The zero-order valence-corrected chi connectivity index (χ0v) is 15.6. The van der Waals surface area contributed by atoms with Crippen LogP contribution in [0.25, 0.3) is 10.9 Å². The van der Waals surface area contributed by atoms with Gasteiger partial charge in [-0.1, -0.05) is 6.92 Å². The molecule has 1 aliphatic heterocycles. The third-order valence-electron chi connectivity index (χ3n) is 5.07. The highest BCUT2D eigenvalue weighted by atomic mass is 16.6. The normalized spacial score (nSPS) is 17.6. The third-order valence-corrected chi connectivity index (χ3v) is 5.07. The number of nitrogens with one attached hydrogen (secondary N) is 1. The molecule has 0 spiro atoms. The van der Waals surface area contributed by atoms with Gasteiger partial charge >= 0.3 is 0 Å². The van der Waals surface area contributed by atoms with Crippen LogP contribution in [0.5, 0.6) is 0 Å². The van der Waals surface area contributed by atoms with Crippen LogP contribution in [0.3, 0.4) is 0 Å². The van der Waals surface area contributed by atoms with E-state index in [9.17, 15) is 15.4 Å². The smallest absolute Gasteiger partial charge is 0.270 e. The van der Waals surface area contributed by atoms with Gasteiger partial charge in [0.05, 0.1) is 22.1 Å². The van der Waals surface area contributed by atoms with E-state index in [1.54, 1.807) is 12.1 Å². The number of hydrogen-bond acceptors (Lipinski definition) is 6. The highest BCUT2D eigenvalue weighted by Gasteiger charge is 2.15. The van der Waals surface area contributed by atoms with E-state index in [-0.39, 0.29) is 5.69 Å². The number of likely N-dealkylation sites (tertiary alicyclic amines) is 1. The summed E-state index contributed by atoms with van der Waals surface area (Å²) in [6.45, 7) is 6.66. The van der Waals surface area contributed by atoms with Crippen LogP contribution in [0, 0.1) is 27.4 Å². The topological polar surface area (TPSA) is 95.1 Å². The van der Waals surface area contributed by atoms with Crippen LogP contribution in [0.1, 0.15) is 38.2 Å². The molecule has 7 nitrogen and oxygen atoms in total. The Morgan fingerprint density at radius 3 is 3.00 bits per heavy atom. The number of benzene rings is 1. The molecule has 0 saturated carbocycles. The monoisotopic (exact) mass is 367 g/mol. The Hall–Kier alpha value is -2.72. The van der Waals surface area contributed by atoms with Crippen LogP contribution in [0.2, 0.25) is 0 Å². The lowest BCUT2D eigenvalue weighted by atomic mass is 10.0. The van der Waals surface area contributed by atoms with E-state index in [2.05, 4.69) is 28.2 Å². The Kier molecular flexibility index (Phi) is 6.20. The minimum Gasteiger partial charge on any atom is -0.370 e. The number of unbranched alkanes of at least 4 members (excludes halogenated alkanes) is 1. The van der Waals surface area contributed by atoms with Gasteiger partial charge in [-0.15, -0.1) is 0 Å². The standard InChI is InChI=1S/C20H25N5O2/c1-15-5-4-10-24(14-15)9-3-2-8-22-20-11-16(13-21)18-12-17(25(26)27)6-7-19(18)23-20/h6-7,11-12,15H,2-5,8-10,14H2,1H3,(H,22,23). The van der Waals surface area contributed by atoms with Crippen molar-refractivity contribution in [1.29, 1.82) is 5.26 Å². The van der Waals surface area contributed by atoms with Gasteiger partial charge in [0, 0.05) is 30.6 Å². The Balaban J connectivity index is 1.56. The number of nitrogens with zero attached hydrogens (tertiary/aromatic N) is 4. The number of aromatic nitrogens is 1. The van der Waals surface area contributed by atoms with E-state index < -0.39 is 4.92 Å². The molecule has 1 atom stereocenters. The Bertz CT molecular complexity index is 861. The second-order valence-electron chi connectivity index (χ2n) is 7.31. The molecule has 2 heterocycles. The summed E-state index contributed by atoms with van der Waals surface area (Å²) in [5.41, 5.74) is 0.950. The average Bonchev–Trinajstić information content (AvgIpc) is 2.66. The van der Waals surface area contributed by atoms with E-state index in [0.717, 1.165) is 31.8 Å². The predicted octanol–water partition coefficient (Wildman–Crippen LogP) is 3.94. The first-order valence-corrected chi connectivity index (χ1v) is 9.52. The summed E-state index contributed by atoms with van der Waals surface area (Å²) in [5.74, 6) is 1.44. The summed E-state index contributed by atoms with van der Waals surface area (Å²) in [6.07, 6.45) is 4.81. The van der Waals surface area contributed by atoms with Crippen LogP contribution < -0.4 is 5.32 Å². The van der Waals surface area contributed by atoms with E-state index in [0.29, 0.717) is 22.3 Å². The molecule has 1 saturated heterocycles. The number of fused-ring (bicyclic) bond motifs is 1. The van der Waals surface area contributed by atoms with Crippen LogP contribution in [-0.4, -0.2) is 41.0 Å². The van der Waals surface area contributed by atoms with Crippen LogP contribution in [-0.2, 0) is 0 Å². The van der Waals surface area contributed by atoms with Crippen LogP contribution in [0.4, 0.5) is 11.5 Å². The summed E-state index contributed by atoms with van der Waals surface area (Å²) in [6, 6.07) is 8.20. The molecule has 1 fully saturated rings. The molecule has 7 heteroatoms. The first-order chi connectivity index (χ1) is 13.1. The van der Waals surface area contributed by atoms with E-state index >= 15 is 0 Å². The first-order valence-electron chi connectivity index (χ1n) is 9.52. The lowest BCUT2D eigenvalue weighted by molar-refractivity contribution is -0.384. The maximum Gasteiger partial charge on any atom is 0.270 e. The van der Waals surface area contributed by atoms with Gasteiger partial charge in [-0.25, -0.2) is 4.98 Å². The Morgan fingerprint density at radius 2 is 2.26 bits per heavy atom. The molecular weight excluding hydrogens is 342 g/mol. The molecule has 1 unspecified atom stereocenters. The fourth-order valence-corrected chi connectivity index (χ4v) is 3.68. The minimum atomic E-state index is -0.462. The summed E-state index contributed by atoms with van der Waals surface area (Å²) in [5, 5.41) is 24.1. The van der Waals surface area contributed by atoms with Gasteiger partial charge in [-0.3, -0.25) is 10.1 Å². The van der Waals surface area contributed by atoms with Gasteiger partial charge in [-0.05, 0) is 56.8 Å². The van der Waals surface area contributed by atoms with Crippen LogP contribution in [0.15, 0.2) is 24.3 Å². The SMILES string of the molecule is CC1CCCN(CCCCNc2cc(C#N)c3cc([N+](=O)[O-])ccc3n2)C1. The third kappa shape index (κ3) is 4.92. The highest BCUT2D eigenvalue weighted by Crippen LogP contribution is 2.25. The van der Waals surface area contributed by atoms with Crippen molar-refractivity contribution in [3.8, 4) is 6.07 Å². The van der Waals surface area contributed by atoms with Crippen LogP contribution >= 0.6 is 0 Å². The number of anilines is 1. The fraction of sp³-hybridized carbons (Fsp3) is 0.500. The molecule has 1 aromatic heterocycles. The fourth-order valence-electron chi connectivity index (χ4n) is 3.68. The molecule has 1 aromatic carbocycles. The number of nitriles is 1. The quantitative estimate of drug-likeness (QED) is 0.452. The maximum absolute atomic E-state index is 10.9. The molecule has 3 rings (SSSR count). The summed E-state index contributed by atoms with van der Waals surface area (Å²) < 4.78 is 0. The first kappa shape index (κ1) is 19.1. The molecule has 1 N–H and O–H groups in total. The lowest BCUT2D eigenvalue weighted by Gasteiger charge is -2.30. The van der Waals surface area contributed by atoms with Gasteiger partial charge in [0.15, 0.2) is 0 Å². The molecule has 27 heavy (non-hydrogen) atoms. The summed E-state index contributed by atoms with van der Waals surface area (Å²) in [4.78, 5) is 17.5. The van der Waals surface area contributed by atoms with Gasteiger partial charge in [0.1, 0.15) is 5.82 Å². The van der Waals surface area contributed by atoms with E-state index in [1.807, 2.05) is 0 Å². The van der Waals surface area contributed by atoms with Crippen molar-refractivity contribution in [2.24, 2.45) is 5.92 Å². The molecule has 2 aromatic rings. The van der Waals surface area contributed by atoms with E-state index in [1.165, 1.54) is 38.1 Å². The van der Waals surface area contributed by atoms with Gasteiger partial charge in [0.25, 0.3) is 5.69 Å². The number of pyridine rings is 1. The number of piperidine rings is 1. The van der Waals surface area contributed by atoms with E-state index in [4.69, 9.17) is 0 Å². The molecule has 1 aliphatic rings. The summed E-state index contributed by atoms with van der Waals surface area (Å²) >= 11 is 0.